The Labute approximate surface area is 329 Å². The van der Waals surface area contributed by atoms with Crippen molar-refractivity contribution in [3.8, 4) is 0 Å². The summed E-state index contributed by atoms with van der Waals surface area (Å²) in [5, 5.41) is 177. The van der Waals surface area contributed by atoms with Crippen molar-refractivity contribution < 1.29 is 125 Å². The highest BCUT2D eigenvalue weighted by Gasteiger charge is 2.54. The zero-order chi connectivity index (χ0) is 43.2. The van der Waals surface area contributed by atoms with E-state index in [9.17, 15) is 81.7 Å². The molecule has 17 N–H and O–H groups in total. The summed E-state index contributed by atoms with van der Waals surface area (Å²) >= 11 is 0. The van der Waals surface area contributed by atoms with Gasteiger partial charge in [-0.1, -0.05) is 0 Å². The first-order valence-electron chi connectivity index (χ1n) is 18.4. The molecule has 4 aliphatic rings. The van der Waals surface area contributed by atoms with E-state index in [4.69, 9.17) is 43.0 Å². The fourth-order valence-corrected chi connectivity index (χ4v) is 6.74. The summed E-state index contributed by atoms with van der Waals surface area (Å²) in [7, 11) is 0. The summed E-state index contributed by atoms with van der Waals surface area (Å²) < 4.78 is 43.9. The monoisotopic (exact) mass is 855 g/mol. The van der Waals surface area contributed by atoms with Crippen molar-refractivity contribution in [1.29, 1.82) is 0 Å². The minimum atomic E-state index is -2.46. The van der Waals surface area contributed by atoms with Crippen molar-refractivity contribution in [1.82, 2.24) is 0 Å². The van der Waals surface area contributed by atoms with E-state index in [0.29, 0.717) is 0 Å². The van der Waals surface area contributed by atoms with Crippen LogP contribution in [0.25, 0.3) is 0 Å². The van der Waals surface area contributed by atoms with Crippen molar-refractivity contribution in [2.45, 2.75) is 161 Å². The number of aliphatic hydroxyl groups excluding tert-OH is 17. The molecule has 26 heteroatoms. The van der Waals surface area contributed by atoms with Crippen LogP contribution in [0.15, 0.2) is 4.99 Å². The van der Waals surface area contributed by atoms with Gasteiger partial charge in [0.25, 0.3) is 0 Å². The van der Waals surface area contributed by atoms with Crippen LogP contribution < -0.4 is 0 Å². The van der Waals surface area contributed by atoms with Crippen LogP contribution in [0.2, 0.25) is 0 Å². The van der Waals surface area contributed by atoms with Crippen LogP contribution >= 0.6 is 0 Å². The van der Waals surface area contributed by atoms with Crippen molar-refractivity contribution in [2.24, 2.45) is 4.99 Å². The standard InChI is InChI=1S/C32H57NO25/c1-9-33-15-19(43)26(14(8-37)55-30(15)52-9)56-29(50)24(48)25(11(39)3-5-51-28(49)22(46)16(40)10(38)2-4-34)57-32-27(21(45)18(42)13(7-36)54-32)58-31-23(47)20(44)17(41)12(6-35)53-31/h10-32,34-50H,2-8H2,1H3/t10-,11-,12+,13+,14?,15?,16+,17-,18-,19-,20?,21?,22?,23?,24?,25-,26-,27?,28-,29+,30+,31-,32-/m1/s1. The maximum absolute atomic E-state index is 11.5. The summed E-state index contributed by atoms with van der Waals surface area (Å²) in [6.07, 6.45) is -43.2. The number of aliphatic imine (C=N–C) groups is 1. The normalized spacial score (nSPS) is 41.0. The number of rotatable bonds is 21. The van der Waals surface area contributed by atoms with Gasteiger partial charge in [0, 0.05) is 13.5 Å². The molecule has 0 aliphatic carbocycles. The molecule has 0 saturated carbocycles. The lowest BCUT2D eigenvalue weighted by Gasteiger charge is -2.47. The van der Waals surface area contributed by atoms with Gasteiger partial charge in [-0.3, -0.25) is 0 Å². The molecule has 4 heterocycles. The molecule has 26 nitrogen and oxygen atoms in total. The smallest absolute Gasteiger partial charge is 0.227 e. The molecule has 0 aromatic heterocycles. The summed E-state index contributed by atoms with van der Waals surface area (Å²) in [6, 6.07) is -1.10. The van der Waals surface area contributed by atoms with Crippen LogP contribution in [0.5, 0.6) is 0 Å². The first kappa shape index (κ1) is 49.2. The van der Waals surface area contributed by atoms with Crippen molar-refractivity contribution in [2.75, 3.05) is 33.0 Å². The van der Waals surface area contributed by atoms with Crippen molar-refractivity contribution >= 4 is 5.90 Å². The third-order valence-electron chi connectivity index (χ3n) is 10.2. The van der Waals surface area contributed by atoms with E-state index in [2.05, 4.69) is 4.99 Å². The predicted octanol–water partition coefficient (Wildman–Crippen LogP) is -10.5. The van der Waals surface area contributed by atoms with Gasteiger partial charge in [-0.15, -0.1) is 0 Å². The molecule has 0 aromatic rings. The highest BCUT2D eigenvalue weighted by atomic mass is 16.8. The van der Waals surface area contributed by atoms with Crippen LogP contribution in [0.4, 0.5) is 0 Å². The molecular formula is C32H57NO25. The largest absolute Gasteiger partial charge is 0.450 e. The second-order valence-corrected chi connectivity index (χ2v) is 14.2. The summed E-state index contributed by atoms with van der Waals surface area (Å²) in [5.74, 6) is 0.126. The average Bonchev–Trinajstić information content (AvgIpc) is 3.59. The first-order valence-corrected chi connectivity index (χ1v) is 18.4. The van der Waals surface area contributed by atoms with E-state index in [1.165, 1.54) is 6.92 Å². The molecule has 3 fully saturated rings. The molecule has 23 atom stereocenters. The van der Waals surface area contributed by atoms with E-state index in [1.807, 2.05) is 0 Å². The number of hydrogen-bond acceptors (Lipinski definition) is 26. The molecule has 58 heavy (non-hydrogen) atoms. The van der Waals surface area contributed by atoms with Gasteiger partial charge in [-0.05, 0) is 12.8 Å². The Morgan fingerprint density at radius 3 is 1.79 bits per heavy atom. The van der Waals surface area contributed by atoms with E-state index < -0.39 is 181 Å². The van der Waals surface area contributed by atoms with Gasteiger partial charge < -0.3 is 125 Å². The molecule has 0 aromatic carbocycles. The summed E-state index contributed by atoms with van der Waals surface area (Å²) in [5.41, 5.74) is 0. The maximum atomic E-state index is 11.5. The molecule has 8 unspecified atom stereocenters. The Hall–Kier alpha value is -1.49. The Morgan fingerprint density at radius 1 is 0.586 bits per heavy atom. The van der Waals surface area contributed by atoms with Gasteiger partial charge in [-0.2, -0.15) is 0 Å². The Morgan fingerprint density at radius 2 is 1.19 bits per heavy atom. The average molecular weight is 856 g/mol. The third-order valence-corrected chi connectivity index (χ3v) is 10.2. The van der Waals surface area contributed by atoms with Crippen molar-refractivity contribution in [3.05, 3.63) is 0 Å². The lowest BCUT2D eigenvalue weighted by atomic mass is 9.96. The quantitative estimate of drug-likeness (QED) is 0.0477. The van der Waals surface area contributed by atoms with Crippen LogP contribution in [0.3, 0.4) is 0 Å². The Bertz CT molecular complexity index is 1260. The van der Waals surface area contributed by atoms with Gasteiger partial charge >= 0.3 is 0 Å². The third kappa shape index (κ3) is 11.3. The van der Waals surface area contributed by atoms with Crippen molar-refractivity contribution in [3.63, 3.8) is 0 Å². The lowest BCUT2D eigenvalue weighted by molar-refractivity contribution is -0.380. The Kier molecular flexibility index (Phi) is 18.7. The van der Waals surface area contributed by atoms with Crippen LogP contribution in [-0.2, 0) is 37.9 Å². The second-order valence-electron chi connectivity index (χ2n) is 14.2. The number of ether oxygens (including phenoxy) is 8. The van der Waals surface area contributed by atoms with E-state index in [0.717, 1.165) is 0 Å². The molecule has 340 valence electrons. The molecule has 0 spiro atoms. The SMILES string of the molecule is CC1=NC2[C@@H](O1)OC(CO)[C@@H](O[C@H](O)C(O)[C@H](O[C@H]1O[C@@H](CO)[C@@H](O)C(O)C1O[C@H]1O[C@@H](CO)[C@@H](O)C(O)C1O)[C@H](O)CCO[C@@H](O)C(O)[C@@H](O)[C@H](O)CCO)[C@@H]2O. The molecule has 4 aliphatic heterocycles. The minimum absolute atomic E-state index is 0.126. The zero-order valence-corrected chi connectivity index (χ0v) is 31.0. The molecule has 0 amide bonds. The van der Waals surface area contributed by atoms with Gasteiger partial charge in [0.15, 0.2) is 31.1 Å². The van der Waals surface area contributed by atoms with Gasteiger partial charge in [0.1, 0.15) is 97.6 Å². The fourth-order valence-electron chi connectivity index (χ4n) is 6.74. The number of nitrogens with zero attached hydrogens (tertiary/aromatic N) is 1. The molecule has 3 saturated heterocycles. The Balaban J connectivity index is 1.59. The number of fused-ring (bicyclic) bond motifs is 1. The molecular weight excluding hydrogens is 798 g/mol. The van der Waals surface area contributed by atoms with Crippen LogP contribution in [0, 0.1) is 0 Å². The molecule has 4 rings (SSSR count). The summed E-state index contributed by atoms with van der Waals surface area (Å²) in [4.78, 5) is 4.09. The van der Waals surface area contributed by atoms with E-state index in [-0.39, 0.29) is 12.3 Å². The van der Waals surface area contributed by atoms with Crippen LogP contribution in [-0.4, -0.2) is 267 Å². The van der Waals surface area contributed by atoms with Gasteiger partial charge in [0.05, 0.1) is 38.6 Å². The molecule has 0 radical (unpaired) electrons. The van der Waals surface area contributed by atoms with E-state index in [1.54, 1.807) is 0 Å². The lowest BCUT2D eigenvalue weighted by Crippen LogP contribution is -2.65. The second kappa shape index (κ2) is 22.0. The fraction of sp³-hybridized carbons (Fsp3) is 0.969. The minimum Gasteiger partial charge on any atom is -0.450 e. The van der Waals surface area contributed by atoms with E-state index >= 15 is 0 Å². The predicted molar refractivity (Wildman–Crippen MR) is 180 cm³/mol. The topological polar surface area (TPSA) is 430 Å². The summed E-state index contributed by atoms with van der Waals surface area (Å²) in [6.45, 7) is -2.51. The first-order chi connectivity index (χ1) is 27.4. The molecule has 0 bridgehead atoms. The highest BCUT2D eigenvalue weighted by Crippen LogP contribution is 2.34. The maximum Gasteiger partial charge on any atom is 0.227 e. The number of aliphatic hydroxyl groups is 17. The van der Waals surface area contributed by atoms with Gasteiger partial charge in [0.2, 0.25) is 6.29 Å². The zero-order valence-electron chi connectivity index (χ0n) is 31.0. The highest BCUT2D eigenvalue weighted by molar-refractivity contribution is 5.75. The number of hydrogen-bond donors (Lipinski definition) is 17. The van der Waals surface area contributed by atoms with Crippen LogP contribution in [0.1, 0.15) is 19.8 Å². The van der Waals surface area contributed by atoms with Gasteiger partial charge in [-0.25, -0.2) is 4.99 Å².